The van der Waals surface area contributed by atoms with E-state index in [1.54, 1.807) is 54.6 Å². The summed E-state index contributed by atoms with van der Waals surface area (Å²) in [5, 5.41) is 4.76. The van der Waals surface area contributed by atoms with Crippen LogP contribution in [0.25, 0.3) is 21.9 Å². The van der Waals surface area contributed by atoms with Crippen molar-refractivity contribution in [3.05, 3.63) is 97.8 Å². The van der Waals surface area contributed by atoms with Gasteiger partial charge in [-0.15, -0.1) is 0 Å². The predicted molar refractivity (Wildman–Crippen MR) is 135 cm³/mol. The number of nitrogens with one attached hydrogen (secondary N) is 1. The second-order valence-electron chi connectivity index (χ2n) is 7.39. The summed E-state index contributed by atoms with van der Waals surface area (Å²) in [6.07, 6.45) is 0. The van der Waals surface area contributed by atoms with Crippen molar-refractivity contribution in [2.45, 2.75) is 0 Å². The Morgan fingerprint density at radius 1 is 0.912 bits per heavy atom. The van der Waals surface area contributed by atoms with Gasteiger partial charge in [-0.3, -0.25) is 9.59 Å². The highest BCUT2D eigenvalue weighted by Gasteiger charge is 2.23. The van der Waals surface area contributed by atoms with Crippen LogP contribution in [0.15, 0.2) is 71.5 Å². The molecular weight excluding hydrogens is 499 g/mol. The van der Waals surface area contributed by atoms with Gasteiger partial charge in [-0.2, -0.15) is 0 Å². The maximum Gasteiger partial charge on any atom is 0.356 e. The van der Waals surface area contributed by atoms with Gasteiger partial charge in [0.1, 0.15) is 5.69 Å². The second kappa shape index (κ2) is 9.89. The number of pyridine rings is 1. The zero-order chi connectivity index (χ0) is 24.4. The van der Waals surface area contributed by atoms with Crippen LogP contribution in [0.3, 0.4) is 0 Å². The van der Waals surface area contributed by atoms with Crippen molar-refractivity contribution in [3.63, 3.8) is 0 Å². The predicted octanol–water partition coefficient (Wildman–Crippen LogP) is 5.96. The van der Waals surface area contributed by atoms with Crippen molar-refractivity contribution in [2.75, 3.05) is 11.9 Å². The maximum absolute atomic E-state index is 13.2. The molecule has 1 aromatic heterocycles. The van der Waals surface area contributed by atoms with Crippen molar-refractivity contribution in [1.82, 2.24) is 4.57 Å². The fourth-order valence-electron chi connectivity index (χ4n) is 3.58. The molecule has 0 aliphatic rings. The van der Waals surface area contributed by atoms with E-state index in [1.165, 1.54) is 23.7 Å². The van der Waals surface area contributed by atoms with Crippen LogP contribution in [0.2, 0.25) is 15.1 Å². The van der Waals surface area contributed by atoms with Crippen LogP contribution < -0.4 is 10.9 Å². The Bertz CT molecular complexity index is 1480. The standard InChI is InChI=1S/C25H17Cl3N2O4/c1-30-23(25(33)34-13-21(31)29-16-10-11-19(27)20(28)12-16)22(14-6-8-15(26)9-7-14)17-4-2-3-5-18(17)24(30)32/h2-12H,13H2,1H3,(H,29,31). The van der Waals surface area contributed by atoms with Gasteiger partial charge >= 0.3 is 5.97 Å². The first-order valence-corrected chi connectivity index (χ1v) is 11.2. The van der Waals surface area contributed by atoms with E-state index in [1.807, 2.05) is 0 Å². The number of amides is 1. The molecular formula is C25H17Cl3N2O4. The van der Waals surface area contributed by atoms with E-state index in [-0.39, 0.29) is 16.3 Å². The summed E-state index contributed by atoms with van der Waals surface area (Å²) in [5.41, 5.74) is 1.23. The minimum atomic E-state index is -0.820. The number of hydrogen-bond acceptors (Lipinski definition) is 4. The Morgan fingerprint density at radius 2 is 1.59 bits per heavy atom. The van der Waals surface area contributed by atoms with Gasteiger partial charge in [-0.25, -0.2) is 4.79 Å². The fourth-order valence-corrected chi connectivity index (χ4v) is 4.01. The summed E-state index contributed by atoms with van der Waals surface area (Å²) < 4.78 is 6.52. The maximum atomic E-state index is 13.2. The Labute approximate surface area is 209 Å². The highest BCUT2D eigenvalue weighted by Crippen LogP contribution is 2.32. The monoisotopic (exact) mass is 514 g/mol. The molecule has 0 bridgehead atoms. The third-order valence-corrected chi connectivity index (χ3v) is 6.16. The molecule has 0 radical (unpaired) electrons. The molecule has 4 aromatic rings. The van der Waals surface area contributed by atoms with E-state index >= 15 is 0 Å². The highest BCUT2D eigenvalue weighted by atomic mass is 35.5. The van der Waals surface area contributed by atoms with Crippen molar-refractivity contribution in [1.29, 1.82) is 0 Å². The lowest BCUT2D eigenvalue weighted by Crippen LogP contribution is -2.28. The number of esters is 1. The summed E-state index contributed by atoms with van der Waals surface area (Å²) in [5.74, 6) is -1.40. The smallest absolute Gasteiger partial charge is 0.356 e. The minimum Gasteiger partial charge on any atom is -0.451 e. The van der Waals surface area contributed by atoms with Gasteiger partial charge in [0.25, 0.3) is 11.5 Å². The molecule has 0 aliphatic heterocycles. The Hall–Kier alpha value is -3.32. The first-order chi connectivity index (χ1) is 16.3. The molecule has 0 atom stereocenters. The Kier molecular flexibility index (Phi) is 6.93. The first kappa shape index (κ1) is 23.8. The van der Waals surface area contributed by atoms with Crippen LogP contribution in [-0.4, -0.2) is 23.1 Å². The molecule has 34 heavy (non-hydrogen) atoms. The van der Waals surface area contributed by atoms with Crippen LogP contribution in [0.1, 0.15) is 10.5 Å². The molecule has 6 nitrogen and oxygen atoms in total. The van der Waals surface area contributed by atoms with Gasteiger partial charge in [-0.1, -0.05) is 65.1 Å². The van der Waals surface area contributed by atoms with Gasteiger partial charge in [0.15, 0.2) is 6.61 Å². The summed E-state index contributed by atoms with van der Waals surface area (Å²) in [6.45, 7) is -0.569. The third-order valence-electron chi connectivity index (χ3n) is 5.17. The number of hydrogen-bond donors (Lipinski definition) is 1. The van der Waals surface area contributed by atoms with E-state index in [0.717, 1.165) is 0 Å². The molecule has 1 N–H and O–H groups in total. The molecule has 3 aromatic carbocycles. The van der Waals surface area contributed by atoms with E-state index in [4.69, 9.17) is 39.5 Å². The average molecular weight is 516 g/mol. The average Bonchev–Trinajstić information content (AvgIpc) is 2.83. The third kappa shape index (κ3) is 4.80. The zero-order valence-corrected chi connectivity index (χ0v) is 20.0. The van der Waals surface area contributed by atoms with Crippen molar-refractivity contribution >= 4 is 63.1 Å². The summed E-state index contributed by atoms with van der Waals surface area (Å²) in [7, 11) is 1.49. The van der Waals surface area contributed by atoms with Crippen molar-refractivity contribution in [3.8, 4) is 11.1 Å². The van der Waals surface area contributed by atoms with E-state index in [0.29, 0.717) is 37.6 Å². The molecule has 0 unspecified atom stereocenters. The SMILES string of the molecule is Cn1c(C(=O)OCC(=O)Nc2ccc(Cl)c(Cl)c2)c(-c2ccc(Cl)cc2)c2ccccc2c1=O. The Morgan fingerprint density at radius 3 is 2.26 bits per heavy atom. The number of halogens is 3. The van der Waals surface area contributed by atoms with Gasteiger partial charge in [-0.05, 0) is 47.3 Å². The Balaban J connectivity index is 1.68. The molecule has 1 heterocycles. The van der Waals surface area contributed by atoms with Gasteiger partial charge in [0.2, 0.25) is 0 Å². The lowest BCUT2D eigenvalue weighted by Gasteiger charge is -2.17. The number of carbonyl (C=O) groups is 2. The number of benzene rings is 3. The van der Waals surface area contributed by atoms with E-state index < -0.39 is 18.5 Å². The molecule has 0 fully saturated rings. The van der Waals surface area contributed by atoms with Gasteiger partial charge < -0.3 is 14.6 Å². The van der Waals surface area contributed by atoms with Gasteiger partial charge in [0.05, 0.1) is 10.0 Å². The number of fused-ring (bicyclic) bond motifs is 1. The number of anilines is 1. The summed E-state index contributed by atoms with van der Waals surface area (Å²) in [4.78, 5) is 38.5. The fraction of sp³-hybridized carbons (Fsp3) is 0.0800. The first-order valence-electron chi connectivity index (χ1n) is 10.1. The largest absolute Gasteiger partial charge is 0.451 e. The number of aromatic nitrogens is 1. The molecule has 4 rings (SSSR count). The molecule has 172 valence electrons. The minimum absolute atomic E-state index is 0.0216. The second-order valence-corrected chi connectivity index (χ2v) is 8.64. The summed E-state index contributed by atoms with van der Waals surface area (Å²) in [6, 6.07) is 18.5. The number of carbonyl (C=O) groups excluding carboxylic acids is 2. The van der Waals surface area contributed by atoms with E-state index in [9.17, 15) is 14.4 Å². The van der Waals surface area contributed by atoms with Crippen LogP contribution in [-0.2, 0) is 16.6 Å². The lowest BCUT2D eigenvalue weighted by atomic mass is 9.97. The van der Waals surface area contributed by atoms with E-state index in [2.05, 4.69) is 5.32 Å². The van der Waals surface area contributed by atoms with Crippen molar-refractivity contribution in [2.24, 2.45) is 7.05 Å². The molecule has 0 aliphatic carbocycles. The molecule has 0 spiro atoms. The van der Waals surface area contributed by atoms with Crippen LogP contribution in [0.4, 0.5) is 5.69 Å². The van der Waals surface area contributed by atoms with Crippen molar-refractivity contribution < 1.29 is 14.3 Å². The number of ether oxygens (including phenoxy) is 1. The molecule has 0 saturated carbocycles. The van der Waals surface area contributed by atoms with Crippen LogP contribution >= 0.6 is 34.8 Å². The molecule has 0 saturated heterocycles. The lowest BCUT2D eigenvalue weighted by molar-refractivity contribution is -0.119. The molecule has 9 heteroatoms. The van der Waals surface area contributed by atoms with Crippen LogP contribution in [0.5, 0.6) is 0 Å². The highest BCUT2D eigenvalue weighted by molar-refractivity contribution is 6.42. The number of rotatable bonds is 5. The van der Waals surface area contributed by atoms with Crippen LogP contribution in [0, 0.1) is 0 Å². The summed E-state index contributed by atoms with van der Waals surface area (Å²) >= 11 is 17.9. The quantitative estimate of drug-likeness (QED) is 0.333. The zero-order valence-electron chi connectivity index (χ0n) is 17.8. The normalized spacial score (nSPS) is 10.8. The topological polar surface area (TPSA) is 77.4 Å². The van der Waals surface area contributed by atoms with Gasteiger partial charge in [0, 0.05) is 28.7 Å². The molecule has 1 amide bonds. The number of nitrogens with zero attached hydrogens (tertiary/aromatic N) is 1.